The molecular formula is C53H92O6. The van der Waals surface area contributed by atoms with Crippen molar-refractivity contribution in [3.05, 3.63) is 60.8 Å². The van der Waals surface area contributed by atoms with Gasteiger partial charge in [0.1, 0.15) is 13.2 Å². The number of carbonyl (C=O) groups is 3. The molecule has 0 aliphatic rings. The number of unbranched alkanes of at least 4 members (excludes halogenated alkanes) is 23. The van der Waals surface area contributed by atoms with Gasteiger partial charge in [0.15, 0.2) is 6.10 Å². The van der Waals surface area contributed by atoms with Gasteiger partial charge in [-0.2, -0.15) is 0 Å². The Bertz CT molecular complexity index is 1090. The summed E-state index contributed by atoms with van der Waals surface area (Å²) in [7, 11) is 0. The van der Waals surface area contributed by atoms with Gasteiger partial charge in [-0.25, -0.2) is 0 Å². The molecule has 0 aromatic heterocycles. The maximum Gasteiger partial charge on any atom is 0.306 e. The van der Waals surface area contributed by atoms with E-state index in [1.807, 2.05) is 0 Å². The molecule has 1 unspecified atom stereocenters. The monoisotopic (exact) mass is 825 g/mol. The predicted octanol–water partition coefficient (Wildman–Crippen LogP) is 16.1. The molecule has 59 heavy (non-hydrogen) atoms. The van der Waals surface area contributed by atoms with E-state index in [1.54, 1.807) is 0 Å². The molecule has 0 N–H and O–H groups in total. The Kier molecular flexibility index (Phi) is 45.4. The summed E-state index contributed by atoms with van der Waals surface area (Å²) in [5.41, 5.74) is 0. The van der Waals surface area contributed by atoms with Crippen LogP contribution in [0.5, 0.6) is 0 Å². The molecule has 0 fully saturated rings. The maximum absolute atomic E-state index is 12.7. The van der Waals surface area contributed by atoms with Gasteiger partial charge in [0.05, 0.1) is 0 Å². The number of rotatable bonds is 44. The van der Waals surface area contributed by atoms with E-state index in [4.69, 9.17) is 14.2 Å². The third kappa shape index (κ3) is 46.0. The third-order valence-electron chi connectivity index (χ3n) is 10.5. The third-order valence-corrected chi connectivity index (χ3v) is 10.5. The van der Waals surface area contributed by atoms with Gasteiger partial charge in [-0.05, 0) is 83.5 Å². The Labute approximate surface area is 364 Å². The van der Waals surface area contributed by atoms with E-state index in [2.05, 4.69) is 81.5 Å². The van der Waals surface area contributed by atoms with Crippen LogP contribution in [0.1, 0.15) is 239 Å². The largest absolute Gasteiger partial charge is 0.462 e. The normalized spacial score (nSPS) is 12.5. The standard InChI is InChI=1S/C53H92O6/c1-4-7-10-13-16-19-22-25-26-27-29-31-34-37-40-43-46-52(55)58-49-50(48-57-51(54)45-42-39-36-33-30-24-21-18-15-12-9-6-3)59-53(56)47-44-41-38-35-32-28-23-20-17-14-11-8-5-2/h8,11,17,19-20,22,26-28,32,50H,4-7,9-10,12-16,18,21,23-25,29-31,33-49H2,1-3H3/b11-8-,20-17-,22-19-,27-26-,32-28-. The van der Waals surface area contributed by atoms with Crippen LogP contribution in [0.2, 0.25) is 0 Å². The van der Waals surface area contributed by atoms with E-state index < -0.39 is 6.10 Å². The maximum atomic E-state index is 12.7. The fraction of sp³-hybridized carbons (Fsp3) is 0.755. The van der Waals surface area contributed by atoms with E-state index in [-0.39, 0.29) is 31.1 Å². The Balaban J connectivity index is 4.43. The molecule has 0 aromatic carbocycles. The number of hydrogen-bond donors (Lipinski definition) is 0. The van der Waals surface area contributed by atoms with Gasteiger partial charge in [-0.15, -0.1) is 0 Å². The van der Waals surface area contributed by atoms with Crippen molar-refractivity contribution in [2.24, 2.45) is 0 Å². The highest BCUT2D eigenvalue weighted by atomic mass is 16.6. The van der Waals surface area contributed by atoms with Crippen molar-refractivity contribution in [2.75, 3.05) is 13.2 Å². The van der Waals surface area contributed by atoms with Crippen LogP contribution in [0.3, 0.4) is 0 Å². The van der Waals surface area contributed by atoms with Gasteiger partial charge in [0.25, 0.3) is 0 Å². The number of ether oxygens (including phenoxy) is 3. The zero-order valence-corrected chi connectivity index (χ0v) is 38.8. The van der Waals surface area contributed by atoms with Gasteiger partial charge in [0.2, 0.25) is 0 Å². The summed E-state index contributed by atoms with van der Waals surface area (Å²) < 4.78 is 16.7. The SMILES string of the molecule is CC/C=C\C/C=C\C/C=C\CCCCCC(=O)OC(COC(=O)CCCCCCC/C=C\C/C=C\CCCCCC)COC(=O)CCCCCCCCCCCCCC. The van der Waals surface area contributed by atoms with Gasteiger partial charge in [0, 0.05) is 19.3 Å². The van der Waals surface area contributed by atoms with Crippen molar-refractivity contribution < 1.29 is 28.6 Å². The molecule has 0 radical (unpaired) electrons. The van der Waals surface area contributed by atoms with E-state index in [1.165, 1.54) is 96.3 Å². The second-order valence-electron chi connectivity index (χ2n) is 16.3. The summed E-state index contributed by atoms with van der Waals surface area (Å²) in [5.74, 6) is -0.932. The van der Waals surface area contributed by atoms with Crippen LogP contribution >= 0.6 is 0 Å². The summed E-state index contributed by atoms with van der Waals surface area (Å²) in [6.45, 7) is 6.46. The number of esters is 3. The topological polar surface area (TPSA) is 78.9 Å². The van der Waals surface area contributed by atoms with Crippen LogP contribution in [0.4, 0.5) is 0 Å². The van der Waals surface area contributed by atoms with Crippen molar-refractivity contribution in [1.82, 2.24) is 0 Å². The average molecular weight is 825 g/mol. The fourth-order valence-corrected chi connectivity index (χ4v) is 6.78. The molecular weight excluding hydrogens is 733 g/mol. The molecule has 6 heteroatoms. The van der Waals surface area contributed by atoms with Gasteiger partial charge in [-0.1, -0.05) is 197 Å². The lowest BCUT2D eigenvalue weighted by molar-refractivity contribution is -0.167. The Hall–Kier alpha value is -2.89. The molecule has 0 saturated heterocycles. The summed E-state index contributed by atoms with van der Waals surface area (Å²) in [6, 6.07) is 0. The van der Waals surface area contributed by atoms with Crippen molar-refractivity contribution in [3.8, 4) is 0 Å². The number of carbonyl (C=O) groups excluding carboxylic acids is 3. The number of allylic oxidation sites excluding steroid dienone is 10. The first-order chi connectivity index (χ1) is 29.0. The molecule has 0 spiro atoms. The van der Waals surface area contributed by atoms with Crippen LogP contribution in [0.25, 0.3) is 0 Å². The quantitative estimate of drug-likeness (QED) is 0.0263. The summed E-state index contributed by atoms with van der Waals surface area (Å²) >= 11 is 0. The van der Waals surface area contributed by atoms with Crippen molar-refractivity contribution in [2.45, 2.75) is 245 Å². The van der Waals surface area contributed by atoms with E-state index in [0.29, 0.717) is 19.3 Å². The van der Waals surface area contributed by atoms with Crippen LogP contribution in [0.15, 0.2) is 60.8 Å². The highest BCUT2D eigenvalue weighted by Crippen LogP contribution is 2.14. The average Bonchev–Trinajstić information content (AvgIpc) is 3.23. The molecule has 0 aliphatic heterocycles. The molecule has 6 nitrogen and oxygen atoms in total. The van der Waals surface area contributed by atoms with Gasteiger partial charge < -0.3 is 14.2 Å². The summed E-state index contributed by atoms with van der Waals surface area (Å²) in [5, 5.41) is 0. The molecule has 0 saturated carbocycles. The zero-order valence-electron chi connectivity index (χ0n) is 38.8. The van der Waals surface area contributed by atoms with Crippen LogP contribution < -0.4 is 0 Å². The lowest BCUT2D eigenvalue weighted by Crippen LogP contribution is -2.30. The molecule has 0 amide bonds. The lowest BCUT2D eigenvalue weighted by Gasteiger charge is -2.18. The van der Waals surface area contributed by atoms with E-state index >= 15 is 0 Å². The first-order valence-corrected chi connectivity index (χ1v) is 24.8. The number of hydrogen-bond acceptors (Lipinski definition) is 6. The predicted molar refractivity (Wildman–Crippen MR) is 251 cm³/mol. The molecule has 0 bridgehead atoms. The van der Waals surface area contributed by atoms with Crippen LogP contribution in [-0.4, -0.2) is 37.2 Å². The molecule has 0 rings (SSSR count). The van der Waals surface area contributed by atoms with Gasteiger partial charge in [-0.3, -0.25) is 14.4 Å². The smallest absolute Gasteiger partial charge is 0.306 e. The second-order valence-corrected chi connectivity index (χ2v) is 16.3. The second kappa shape index (κ2) is 47.8. The minimum atomic E-state index is -0.792. The van der Waals surface area contributed by atoms with Crippen LogP contribution in [0, 0.1) is 0 Å². The molecule has 0 aromatic rings. The Morgan fingerprint density at radius 2 is 0.661 bits per heavy atom. The molecule has 1 atom stereocenters. The van der Waals surface area contributed by atoms with Crippen molar-refractivity contribution in [3.63, 3.8) is 0 Å². The van der Waals surface area contributed by atoms with E-state index in [0.717, 1.165) is 103 Å². The summed E-state index contributed by atoms with van der Waals surface area (Å²) in [6.07, 6.45) is 57.7. The van der Waals surface area contributed by atoms with Gasteiger partial charge >= 0.3 is 17.9 Å². The molecule has 0 aliphatic carbocycles. The van der Waals surface area contributed by atoms with Crippen molar-refractivity contribution >= 4 is 17.9 Å². The Morgan fingerprint density at radius 3 is 1.07 bits per heavy atom. The minimum absolute atomic E-state index is 0.0893. The Morgan fingerprint density at radius 1 is 0.356 bits per heavy atom. The first kappa shape index (κ1) is 56.1. The highest BCUT2D eigenvalue weighted by molar-refractivity contribution is 5.71. The fourth-order valence-electron chi connectivity index (χ4n) is 6.78. The highest BCUT2D eigenvalue weighted by Gasteiger charge is 2.19. The molecule has 340 valence electrons. The minimum Gasteiger partial charge on any atom is -0.462 e. The van der Waals surface area contributed by atoms with Crippen molar-refractivity contribution in [1.29, 1.82) is 0 Å². The summed E-state index contributed by atoms with van der Waals surface area (Å²) in [4.78, 5) is 37.9. The zero-order chi connectivity index (χ0) is 43.0. The van der Waals surface area contributed by atoms with E-state index in [9.17, 15) is 14.4 Å². The molecule has 0 heterocycles. The van der Waals surface area contributed by atoms with Crippen LogP contribution in [-0.2, 0) is 28.6 Å². The lowest BCUT2D eigenvalue weighted by atomic mass is 10.0. The first-order valence-electron chi connectivity index (χ1n) is 24.8.